The van der Waals surface area contributed by atoms with Crippen molar-refractivity contribution in [1.82, 2.24) is 16.5 Å². The molecule has 1 aliphatic rings. The van der Waals surface area contributed by atoms with Gasteiger partial charge in [-0.15, -0.1) is 10.6 Å². The minimum Gasteiger partial charge on any atom is -0.508 e. The van der Waals surface area contributed by atoms with Gasteiger partial charge in [-0.25, -0.2) is 5.53 Å². The van der Waals surface area contributed by atoms with Gasteiger partial charge >= 0.3 is 0 Å². The van der Waals surface area contributed by atoms with Gasteiger partial charge in [-0.05, 0) is 80.8 Å². The molecule has 4 N–H and O–H groups in total. The number of nitrogens with zero attached hydrogens (tertiary/aromatic N) is 1. The molecule has 3 rings (SSSR count). The molecule has 0 aliphatic carbocycles. The number of hydrazine groups is 2. The molecule has 0 amide bonds. The number of ether oxygens (including phenoxy) is 1. The van der Waals surface area contributed by atoms with Gasteiger partial charge in [0.1, 0.15) is 11.5 Å². The van der Waals surface area contributed by atoms with Crippen molar-refractivity contribution < 1.29 is 9.84 Å². The Balaban J connectivity index is 1.78. The summed E-state index contributed by atoms with van der Waals surface area (Å²) in [4.78, 5) is 0. The molecular weight excluding hydrogens is 436 g/mol. The summed E-state index contributed by atoms with van der Waals surface area (Å²) in [6.45, 7) is 4.52. The Hall–Kier alpha value is -3.66. The first-order valence-electron chi connectivity index (χ1n) is 10.7. The number of rotatable bonds is 8. The first kappa shape index (κ1) is 24.0. The number of aryl methyl sites for hydroxylation is 1. The molecule has 1 aliphatic heterocycles. The van der Waals surface area contributed by atoms with E-state index in [9.17, 15) is 5.11 Å². The number of halogens is 1. The number of hydrazone groups is 1. The van der Waals surface area contributed by atoms with Crippen molar-refractivity contribution in [1.29, 1.82) is 0 Å². The minimum atomic E-state index is 0.114. The van der Waals surface area contributed by atoms with Gasteiger partial charge < -0.3 is 9.84 Å². The number of amidine groups is 1. The predicted molar refractivity (Wildman–Crippen MR) is 133 cm³/mol. The Morgan fingerprint density at radius 3 is 2.67 bits per heavy atom. The second-order valence-corrected chi connectivity index (χ2v) is 7.56. The maximum Gasteiger partial charge on any atom is 0.170 e. The molecule has 33 heavy (non-hydrogen) atoms. The van der Waals surface area contributed by atoms with Crippen LogP contribution >= 0.6 is 11.6 Å². The van der Waals surface area contributed by atoms with Gasteiger partial charge in [0.05, 0.1) is 11.6 Å². The number of allylic oxidation sites excluding steroid dienone is 5. The van der Waals surface area contributed by atoms with Gasteiger partial charge in [0.25, 0.3) is 0 Å². The second kappa shape index (κ2) is 12.4. The van der Waals surface area contributed by atoms with Crippen LogP contribution in [0.2, 0.25) is 5.02 Å². The van der Waals surface area contributed by atoms with Crippen LogP contribution in [0.25, 0.3) is 0 Å². The molecule has 2 aromatic carbocycles. The fourth-order valence-electron chi connectivity index (χ4n) is 3.11. The van der Waals surface area contributed by atoms with Crippen LogP contribution < -0.4 is 16.5 Å². The highest BCUT2D eigenvalue weighted by Crippen LogP contribution is 2.21. The summed E-state index contributed by atoms with van der Waals surface area (Å²) in [6.07, 6.45) is 11.4. The summed E-state index contributed by atoms with van der Waals surface area (Å²) < 4.78 is 5.92. The van der Waals surface area contributed by atoms with Gasteiger partial charge in [0, 0.05) is 16.7 Å². The van der Waals surface area contributed by atoms with Gasteiger partial charge in [0.15, 0.2) is 5.84 Å². The lowest BCUT2D eigenvalue weighted by Crippen LogP contribution is -2.35. The van der Waals surface area contributed by atoms with Gasteiger partial charge in [-0.1, -0.05) is 41.7 Å². The fraction of sp³-hybridized carbons (Fsp3) is 0.192. The van der Waals surface area contributed by atoms with Crippen molar-refractivity contribution in [2.45, 2.75) is 26.7 Å². The number of hydrogen-bond acceptors (Lipinski definition) is 6. The molecule has 1 heterocycles. The third-order valence-corrected chi connectivity index (χ3v) is 5.02. The molecule has 2 aromatic rings. The highest BCUT2D eigenvalue weighted by atomic mass is 35.5. The first-order valence-corrected chi connectivity index (χ1v) is 11.0. The third kappa shape index (κ3) is 7.18. The molecule has 0 saturated heterocycles. The van der Waals surface area contributed by atoms with Crippen LogP contribution in [0.5, 0.6) is 5.75 Å². The van der Waals surface area contributed by atoms with Crippen LogP contribution in [-0.4, -0.2) is 17.5 Å². The van der Waals surface area contributed by atoms with Crippen molar-refractivity contribution in [3.63, 3.8) is 0 Å². The van der Waals surface area contributed by atoms with Crippen molar-refractivity contribution in [3.8, 4) is 17.6 Å². The standard InChI is InChI=1S/C26H27ClN4O2/c1-3-5-9-24(7-4-2)33-16-6-8-21-17-22(26-28-30-31-29-26)13-11-19(21)10-12-20-14-15-23(32)18-25(20)27/h3-5,7,9,11,13-15,17-18,30-32H,6,8,16H2,1-2H3,(H,28,29)/b5-3-,7-4-,24-9+. The van der Waals surface area contributed by atoms with E-state index in [0.717, 1.165) is 35.3 Å². The van der Waals surface area contributed by atoms with Crippen LogP contribution in [0.15, 0.2) is 77.6 Å². The SMILES string of the molecule is C\C=C/C=C(\C=C/C)OCCCc1cc(C2=NNNN2)ccc1C#Cc1ccc(O)cc1Cl. The highest BCUT2D eigenvalue weighted by molar-refractivity contribution is 6.31. The molecule has 0 fully saturated rings. The van der Waals surface area contributed by atoms with E-state index in [1.165, 1.54) is 6.07 Å². The summed E-state index contributed by atoms with van der Waals surface area (Å²) >= 11 is 6.21. The quantitative estimate of drug-likeness (QED) is 0.198. The summed E-state index contributed by atoms with van der Waals surface area (Å²) in [5.41, 5.74) is 12.0. The van der Waals surface area contributed by atoms with Crippen molar-refractivity contribution in [3.05, 3.63) is 99.8 Å². The van der Waals surface area contributed by atoms with Crippen molar-refractivity contribution in [2.75, 3.05) is 6.61 Å². The van der Waals surface area contributed by atoms with E-state index in [2.05, 4.69) is 39.5 Å². The fourth-order valence-corrected chi connectivity index (χ4v) is 3.33. The predicted octanol–water partition coefficient (Wildman–Crippen LogP) is 4.70. The summed E-state index contributed by atoms with van der Waals surface area (Å²) in [6, 6.07) is 10.8. The van der Waals surface area contributed by atoms with Crippen LogP contribution in [-0.2, 0) is 11.2 Å². The normalized spacial score (nSPS) is 13.4. The number of benzene rings is 2. The van der Waals surface area contributed by atoms with Crippen molar-refractivity contribution in [2.24, 2.45) is 5.10 Å². The lowest BCUT2D eigenvalue weighted by Gasteiger charge is -2.10. The van der Waals surface area contributed by atoms with E-state index in [0.29, 0.717) is 23.0 Å². The zero-order valence-corrected chi connectivity index (χ0v) is 19.4. The molecule has 0 aromatic heterocycles. The highest BCUT2D eigenvalue weighted by Gasteiger charge is 2.11. The smallest absolute Gasteiger partial charge is 0.170 e. The number of hydrogen-bond donors (Lipinski definition) is 4. The van der Waals surface area contributed by atoms with E-state index in [1.54, 1.807) is 12.1 Å². The van der Waals surface area contributed by atoms with Crippen LogP contribution in [0.4, 0.5) is 0 Å². The maximum atomic E-state index is 9.56. The van der Waals surface area contributed by atoms with E-state index in [4.69, 9.17) is 16.3 Å². The number of aromatic hydroxyl groups is 1. The summed E-state index contributed by atoms with van der Waals surface area (Å²) in [5, 5.41) is 14.2. The molecule has 0 spiro atoms. The molecule has 7 heteroatoms. The number of phenols is 1. The molecular formula is C26H27ClN4O2. The van der Waals surface area contributed by atoms with Crippen molar-refractivity contribution >= 4 is 17.4 Å². The van der Waals surface area contributed by atoms with E-state index in [1.807, 2.05) is 56.4 Å². The Kier molecular flexibility index (Phi) is 9.01. The average Bonchev–Trinajstić information content (AvgIpc) is 3.35. The molecule has 0 saturated carbocycles. The lowest BCUT2D eigenvalue weighted by atomic mass is 9.99. The number of nitrogens with one attached hydrogen (secondary N) is 3. The minimum absolute atomic E-state index is 0.114. The van der Waals surface area contributed by atoms with Gasteiger partial charge in [-0.3, -0.25) is 5.43 Å². The Bertz CT molecular complexity index is 1160. The maximum absolute atomic E-state index is 9.56. The van der Waals surface area contributed by atoms with E-state index >= 15 is 0 Å². The second-order valence-electron chi connectivity index (χ2n) is 7.16. The van der Waals surface area contributed by atoms with E-state index < -0.39 is 0 Å². The summed E-state index contributed by atoms with van der Waals surface area (Å²) in [5.74, 6) is 7.99. The molecule has 0 bridgehead atoms. The van der Waals surface area contributed by atoms with E-state index in [-0.39, 0.29) is 5.75 Å². The van der Waals surface area contributed by atoms with Crippen LogP contribution in [0, 0.1) is 11.8 Å². The Morgan fingerprint density at radius 2 is 1.94 bits per heavy atom. The Morgan fingerprint density at radius 1 is 1.12 bits per heavy atom. The zero-order valence-electron chi connectivity index (χ0n) is 18.7. The average molecular weight is 463 g/mol. The van der Waals surface area contributed by atoms with Gasteiger partial charge in [-0.2, -0.15) is 0 Å². The monoisotopic (exact) mass is 462 g/mol. The molecule has 170 valence electrons. The van der Waals surface area contributed by atoms with Crippen LogP contribution in [0.1, 0.15) is 42.5 Å². The topological polar surface area (TPSA) is 77.9 Å². The summed E-state index contributed by atoms with van der Waals surface area (Å²) in [7, 11) is 0. The van der Waals surface area contributed by atoms with Crippen LogP contribution in [0.3, 0.4) is 0 Å². The molecule has 0 unspecified atom stereocenters. The molecule has 6 nitrogen and oxygen atoms in total. The zero-order chi connectivity index (χ0) is 23.5. The lowest BCUT2D eigenvalue weighted by molar-refractivity contribution is 0.220. The largest absolute Gasteiger partial charge is 0.508 e. The first-order chi connectivity index (χ1) is 16.1. The number of phenolic OH excluding ortho intramolecular Hbond substituents is 1. The Labute approximate surface area is 199 Å². The molecule has 0 radical (unpaired) electrons. The molecule has 0 atom stereocenters. The third-order valence-electron chi connectivity index (χ3n) is 4.71. The van der Waals surface area contributed by atoms with Gasteiger partial charge in [0.2, 0.25) is 0 Å².